The summed E-state index contributed by atoms with van der Waals surface area (Å²) >= 11 is 0. The van der Waals surface area contributed by atoms with Crippen molar-refractivity contribution in [1.29, 1.82) is 5.41 Å². The van der Waals surface area contributed by atoms with Crippen LogP contribution >= 0.6 is 17.0 Å². The number of nitrogens with one attached hydrogen (secondary N) is 1. The highest BCUT2D eigenvalue weighted by molar-refractivity contribution is 8.93. The predicted molar refractivity (Wildman–Crippen MR) is 145 cm³/mol. The van der Waals surface area contributed by atoms with Gasteiger partial charge in [0.25, 0.3) is 0 Å². The Bertz CT molecular complexity index is 1310. The van der Waals surface area contributed by atoms with Crippen LogP contribution in [-0.2, 0) is 21.5 Å². The molecule has 1 amide bonds. The minimum absolute atomic E-state index is 0. The van der Waals surface area contributed by atoms with E-state index in [-0.39, 0.29) is 84.0 Å². The number of carboxylic acids is 1. The van der Waals surface area contributed by atoms with E-state index in [1.54, 1.807) is 29.2 Å². The number of fused-ring (bicyclic) bond motifs is 2. The SMILES string of the molecule is Br.COc1cc2c(c(F)c1OC)C(=N)N(CC(=O)c1ccc3c(c1)C(C)(C)CC(=O)N3CCCC(=O)O)C2. The van der Waals surface area contributed by atoms with Gasteiger partial charge < -0.3 is 24.4 Å². The maximum Gasteiger partial charge on any atom is 0.303 e. The molecule has 0 fully saturated rings. The van der Waals surface area contributed by atoms with Crippen molar-refractivity contribution in [2.45, 2.75) is 45.1 Å². The van der Waals surface area contributed by atoms with E-state index in [9.17, 15) is 14.4 Å². The number of halogens is 2. The van der Waals surface area contributed by atoms with Gasteiger partial charge in [-0.15, -0.1) is 17.0 Å². The molecule has 0 spiro atoms. The topological polar surface area (TPSA) is 120 Å². The van der Waals surface area contributed by atoms with Crippen LogP contribution in [0.4, 0.5) is 10.1 Å². The summed E-state index contributed by atoms with van der Waals surface area (Å²) in [5.41, 5.74) is 2.03. The molecule has 0 unspecified atom stereocenters. The van der Waals surface area contributed by atoms with Crippen LogP contribution in [0.5, 0.6) is 11.5 Å². The molecule has 38 heavy (non-hydrogen) atoms. The molecular formula is C27H31BrFN3O6. The number of aliphatic carboxylic acids is 1. The molecule has 0 bridgehead atoms. The van der Waals surface area contributed by atoms with Crippen LogP contribution in [-0.4, -0.2) is 60.8 Å². The molecule has 0 aromatic heterocycles. The lowest BCUT2D eigenvalue weighted by Crippen LogP contribution is -2.42. The Morgan fingerprint density at radius 3 is 2.53 bits per heavy atom. The van der Waals surface area contributed by atoms with E-state index in [1.165, 1.54) is 19.1 Å². The summed E-state index contributed by atoms with van der Waals surface area (Å²) in [6.45, 7) is 4.20. The molecular weight excluding hydrogens is 561 g/mol. The Labute approximate surface area is 230 Å². The van der Waals surface area contributed by atoms with E-state index >= 15 is 4.39 Å². The molecule has 2 aliphatic rings. The van der Waals surface area contributed by atoms with E-state index in [2.05, 4.69) is 0 Å². The number of hydrogen-bond donors (Lipinski definition) is 2. The Balaban J connectivity index is 0.00000400. The highest BCUT2D eigenvalue weighted by Gasteiger charge is 2.37. The lowest BCUT2D eigenvalue weighted by Gasteiger charge is -2.39. The predicted octanol–water partition coefficient (Wildman–Crippen LogP) is 4.32. The number of hydrogen-bond acceptors (Lipinski definition) is 6. The van der Waals surface area contributed by atoms with Gasteiger partial charge >= 0.3 is 5.97 Å². The quantitative estimate of drug-likeness (QED) is 0.416. The van der Waals surface area contributed by atoms with Crippen LogP contribution in [0.1, 0.15) is 60.2 Å². The van der Waals surface area contributed by atoms with Crippen molar-refractivity contribution in [2.75, 3.05) is 32.2 Å². The van der Waals surface area contributed by atoms with Gasteiger partial charge in [0.2, 0.25) is 5.91 Å². The highest BCUT2D eigenvalue weighted by atomic mass is 79.9. The van der Waals surface area contributed by atoms with Gasteiger partial charge in [0, 0.05) is 42.6 Å². The lowest BCUT2D eigenvalue weighted by atomic mass is 9.76. The van der Waals surface area contributed by atoms with E-state index < -0.39 is 17.2 Å². The number of rotatable bonds is 9. The maximum atomic E-state index is 15.1. The van der Waals surface area contributed by atoms with Crippen molar-refractivity contribution in [2.24, 2.45) is 0 Å². The van der Waals surface area contributed by atoms with Gasteiger partial charge in [-0.05, 0) is 41.8 Å². The second-order valence-corrected chi connectivity index (χ2v) is 9.92. The molecule has 0 saturated heterocycles. The van der Waals surface area contributed by atoms with Gasteiger partial charge in [-0.2, -0.15) is 0 Å². The number of anilines is 1. The Hall–Kier alpha value is -3.47. The van der Waals surface area contributed by atoms with Crippen molar-refractivity contribution in [3.05, 3.63) is 52.3 Å². The van der Waals surface area contributed by atoms with Gasteiger partial charge in [0.15, 0.2) is 23.1 Å². The van der Waals surface area contributed by atoms with Gasteiger partial charge in [0.1, 0.15) is 5.84 Å². The summed E-state index contributed by atoms with van der Waals surface area (Å²) in [7, 11) is 2.73. The molecule has 0 atom stereocenters. The molecule has 2 heterocycles. The number of amidine groups is 1. The molecule has 204 valence electrons. The molecule has 0 radical (unpaired) electrons. The number of carboxylic acid groups (broad SMARTS) is 1. The first-order chi connectivity index (χ1) is 17.5. The molecule has 0 aliphatic carbocycles. The zero-order valence-corrected chi connectivity index (χ0v) is 23.4. The van der Waals surface area contributed by atoms with Crippen molar-refractivity contribution in [3.8, 4) is 11.5 Å². The summed E-state index contributed by atoms with van der Waals surface area (Å²) < 4.78 is 25.4. The summed E-state index contributed by atoms with van der Waals surface area (Å²) in [5.74, 6) is -1.91. The fraction of sp³-hybridized carbons (Fsp3) is 0.407. The minimum atomic E-state index is -0.919. The fourth-order valence-electron chi connectivity index (χ4n) is 5.05. The number of ether oxygens (including phenoxy) is 2. The number of carbonyl (C=O) groups excluding carboxylic acids is 2. The summed E-state index contributed by atoms with van der Waals surface area (Å²) in [6, 6.07) is 6.75. The van der Waals surface area contributed by atoms with Crippen molar-refractivity contribution in [1.82, 2.24) is 4.90 Å². The van der Waals surface area contributed by atoms with Crippen LogP contribution in [0.15, 0.2) is 24.3 Å². The van der Waals surface area contributed by atoms with Gasteiger partial charge in [-0.3, -0.25) is 19.8 Å². The van der Waals surface area contributed by atoms with Crippen LogP contribution < -0.4 is 14.4 Å². The lowest BCUT2D eigenvalue weighted by molar-refractivity contribution is -0.137. The van der Waals surface area contributed by atoms with Crippen LogP contribution in [0.25, 0.3) is 0 Å². The Morgan fingerprint density at radius 2 is 1.89 bits per heavy atom. The molecule has 2 N–H and O–H groups in total. The van der Waals surface area contributed by atoms with E-state index in [4.69, 9.17) is 20.0 Å². The molecule has 2 aromatic carbocycles. The number of nitrogens with zero attached hydrogens (tertiary/aromatic N) is 2. The molecule has 0 saturated carbocycles. The van der Waals surface area contributed by atoms with E-state index in [1.807, 2.05) is 13.8 Å². The van der Waals surface area contributed by atoms with Gasteiger partial charge in [-0.1, -0.05) is 13.8 Å². The molecule has 2 aliphatic heterocycles. The molecule has 9 nitrogen and oxygen atoms in total. The summed E-state index contributed by atoms with van der Waals surface area (Å²) in [6.07, 6.45) is 0.521. The van der Waals surface area contributed by atoms with Crippen molar-refractivity contribution < 1.29 is 33.4 Å². The summed E-state index contributed by atoms with van der Waals surface area (Å²) in [4.78, 5) is 40.1. The highest BCUT2D eigenvalue weighted by Crippen LogP contribution is 2.41. The second-order valence-electron chi connectivity index (χ2n) is 9.92. The normalized spacial score (nSPS) is 15.5. The minimum Gasteiger partial charge on any atom is -0.493 e. The smallest absolute Gasteiger partial charge is 0.303 e. The first-order valence-electron chi connectivity index (χ1n) is 12.0. The van der Waals surface area contributed by atoms with Crippen molar-refractivity contribution >= 4 is 46.2 Å². The maximum absolute atomic E-state index is 15.1. The largest absolute Gasteiger partial charge is 0.493 e. The first kappa shape index (κ1) is 29.1. The van der Waals surface area contributed by atoms with Crippen LogP contribution in [0.2, 0.25) is 0 Å². The van der Waals surface area contributed by atoms with Crippen LogP contribution in [0, 0.1) is 11.2 Å². The number of methoxy groups -OCH3 is 2. The standard InChI is InChI=1S/C27H30FN3O6.BrH/c1-27(2)12-21(33)31(9-5-6-22(34)35)18-8-7-15(10-17(18)27)19(32)14-30-13-16-11-20(36-3)25(37-4)24(28)23(16)26(30)29;/h7-8,10-11,29H,5-6,9,12-14H2,1-4H3,(H,34,35);1H. The Kier molecular flexibility index (Phi) is 8.50. The third-order valence-corrected chi connectivity index (χ3v) is 6.95. The number of amides is 1. The number of Topliss-reactive ketones (excluding diaryl/α,β-unsaturated/α-hetero) is 1. The van der Waals surface area contributed by atoms with Crippen LogP contribution in [0.3, 0.4) is 0 Å². The first-order valence-corrected chi connectivity index (χ1v) is 12.0. The Morgan fingerprint density at radius 1 is 1.18 bits per heavy atom. The zero-order chi connectivity index (χ0) is 27.1. The monoisotopic (exact) mass is 591 g/mol. The second kappa shape index (κ2) is 11.1. The van der Waals surface area contributed by atoms with E-state index in [0.717, 1.165) is 5.56 Å². The summed E-state index contributed by atoms with van der Waals surface area (Å²) in [5, 5.41) is 17.4. The number of ketones is 1. The average molecular weight is 592 g/mol. The zero-order valence-electron chi connectivity index (χ0n) is 21.7. The third kappa shape index (κ3) is 5.24. The van der Waals surface area contributed by atoms with Gasteiger partial charge in [0.05, 0.1) is 26.3 Å². The third-order valence-electron chi connectivity index (χ3n) is 6.95. The van der Waals surface area contributed by atoms with E-state index in [0.29, 0.717) is 23.2 Å². The fourth-order valence-corrected chi connectivity index (χ4v) is 5.05. The molecule has 11 heteroatoms. The van der Waals surface area contributed by atoms with Crippen molar-refractivity contribution in [3.63, 3.8) is 0 Å². The average Bonchev–Trinajstić information content (AvgIpc) is 3.15. The number of benzene rings is 2. The molecule has 2 aromatic rings. The number of carbonyl (C=O) groups is 3. The molecule has 4 rings (SSSR count). The van der Waals surface area contributed by atoms with Gasteiger partial charge in [-0.25, -0.2) is 4.39 Å².